The van der Waals surface area contributed by atoms with Gasteiger partial charge in [-0.05, 0) is 42.8 Å². The van der Waals surface area contributed by atoms with E-state index in [0.29, 0.717) is 0 Å². The minimum absolute atomic E-state index is 0.00264. The van der Waals surface area contributed by atoms with Crippen LogP contribution in [0.4, 0.5) is 0 Å². The number of thioether (sulfide) groups is 1. The van der Waals surface area contributed by atoms with Crippen LogP contribution < -0.4 is 11.1 Å². The fraction of sp³-hybridized carbons (Fsp3) is 0.538. The van der Waals surface area contributed by atoms with E-state index in [-0.39, 0.29) is 18.7 Å². The molecular formula is C13H20N2OS. The molecule has 4 heteroatoms. The van der Waals surface area contributed by atoms with Crippen molar-refractivity contribution in [3.63, 3.8) is 0 Å². The van der Waals surface area contributed by atoms with E-state index in [1.165, 1.54) is 28.2 Å². The molecule has 0 radical (unpaired) electrons. The van der Waals surface area contributed by atoms with Gasteiger partial charge in [0.05, 0.1) is 6.61 Å². The summed E-state index contributed by atoms with van der Waals surface area (Å²) in [6.07, 6.45) is 2.40. The largest absolute Gasteiger partial charge is 0.395 e. The number of aliphatic hydroxyl groups is 1. The normalized spacial score (nSPS) is 18.5. The molecule has 2 rings (SSSR count). The number of aliphatic hydroxyl groups excluding tert-OH is 1. The third-order valence-electron chi connectivity index (χ3n) is 3.24. The first-order chi connectivity index (χ1) is 8.26. The summed E-state index contributed by atoms with van der Waals surface area (Å²) < 4.78 is 0. The van der Waals surface area contributed by atoms with E-state index < -0.39 is 0 Å². The Morgan fingerprint density at radius 2 is 2.35 bits per heavy atom. The zero-order chi connectivity index (χ0) is 12.3. The molecule has 1 aromatic carbocycles. The zero-order valence-corrected chi connectivity index (χ0v) is 11.0. The first-order valence-corrected chi connectivity index (χ1v) is 7.04. The molecule has 1 aliphatic heterocycles. The van der Waals surface area contributed by atoms with Crippen LogP contribution >= 0.6 is 11.8 Å². The molecule has 0 aliphatic carbocycles. The van der Waals surface area contributed by atoms with E-state index in [2.05, 4.69) is 23.5 Å². The van der Waals surface area contributed by atoms with Gasteiger partial charge in [0, 0.05) is 17.0 Å². The van der Waals surface area contributed by atoms with Crippen LogP contribution in [0.3, 0.4) is 0 Å². The van der Waals surface area contributed by atoms with Gasteiger partial charge in [0.25, 0.3) is 0 Å². The molecule has 0 bridgehead atoms. The molecule has 1 aliphatic rings. The van der Waals surface area contributed by atoms with Crippen molar-refractivity contribution in [1.82, 2.24) is 5.32 Å². The van der Waals surface area contributed by atoms with Gasteiger partial charge < -0.3 is 16.2 Å². The Labute approximate surface area is 107 Å². The van der Waals surface area contributed by atoms with Crippen LogP contribution in [0.2, 0.25) is 0 Å². The smallest absolute Gasteiger partial charge is 0.0601 e. The van der Waals surface area contributed by atoms with E-state index in [1.54, 1.807) is 0 Å². The van der Waals surface area contributed by atoms with Crippen molar-refractivity contribution in [1.29, 1.82) is 0 Å². The molecule has 17 heavy (non-hydrogen) atoms. The number of aryl methyl sites for hydroxylation is 1. The summed E-state index contributed by atoms with van der Waals surface area (Å²) in [6, 6.07) is 6.31. The Morgan fingerprint density at radius 1 is 1.53 bits per heavy atom. The Morgan fingerprint density at radius 3 is 3.06 bits per heavy atom. The second-order valence-electron chi connectivity index (χ2n) is 4.43. The summed E-state index contributed by atoms with van der Waals surface area (Å²) in [5.41, 5.74) is 8.51. The highest BCUT2D eigenvalue weighted by Crippen LogP contribution is 2.32. The van der Waals surface area contributed by atoms with Gasteiger partial charge in [0.2, 0.25) is 0 Å². The average molecular weight is 252 g/mol. The van der Waals surface area contributed by atoms with Crippen LogP contribution in [0.25, 0.3) is 0 Å². The van der Waals surface area contributed by atoms with Crippen molar-refractivity contribution in [2.24, 2.45) is 5.73 Å². The van der Waals surface area contributed by atoms with Crippen molar-refractivity contribution in [3.05, 3.63) is 29.3 Å². The van der Waals surface area contributed by atoms with Crippen molar-refractivity contribution in [2.45, 2.75) is 29.8 Å². The second kappa shape index (κ2) is 5.87. The number of nitrogens with one attached hydrogen (secondary N) is 1. The Kier molecular flexibility index (Phi) is 4.45. The van der Waals surface area contributed by atoms with Crippen molar-refractivity contribution < 1.29 is 5.11 Å². The Hall–Kier alpha value is -0.550. The molecule has 0 fully saturated rings. The summed E-state index contributed by atoms with van der Waals surface area (Å²) in [7, 11) is 1.88. The molecule has 94 valence electrons. The Balaban J connectivity index is 2.25. The molecular weight excluding hydrogens is 232 g/mol. The van der Waals surface area contributed by atoms with E-state index in [1.807, 2.05) is 18.8 Å². The van der Waals surface area contributed by atoms with Gasteiger partial charge in [-0.1, -0.05) is 12.1 Å². The highest BCUT2D eigenvalue weighted by atomic mass is 32.2. The minimum atomic E-state index is -0.255. The fourth-order valence-electron chi connectivity index (χ4n) is 2.31. The number of hydrogen-bond acceptors (Lipinski definition) is 4. The number of nitrogens with two attached hydrogens (primary N) is 1. The lowest BCUT2D eigenvalue weighted by Crippen LogP contribution is -2.39. The van der Waals surface area contributed by atoms with E-state index in [0.717, 1.165) is 6.42 Å². The molecule has 0 spiro atoms. The fourth-order valence-corrected chi connectivity index (χ4v) is 3.33. The second-order valence-corrected chi connectivity index (χ2v) is 5.57. The van der Waals surface area contributed by atoms with Gasteiger partial charge >= 0.3 is 0 Å². The maximum Gasteiger partial charge on any atom is 0.0601 e. The van der Waals surface area contributed by atoms with Crippen LogP contribution in [0, 0.1) is 0 Å². The van der Waals surface area contributed by atoms with Gasteiger partial charge in [-0.25, -0.2) is 0 Å². The average Bonchev–Trinajstić information content (AvgIpc) is 2.39. The number of likely N-dealkylation sites (N-methyl/N-ethyl adjacent to an activating group) is 1. The number of fused-ring (bicyclic) bond motifs is 1. The summed E-state index contributed by atoms with van der Waals surface area (Å²) >= 11 is 1.93. The monoisotopic (exact) mass is 252 g/mol. The van der Waals surface area contributed by atoms with Gasteiger partial charge in [-0.3, -0.25) is 0 Å². The molecule has 2 unspecified atom stereocenters. The van der Waals surface area contributed by atoms with Crippen LogP contribution in [-0.2, 0) is 6.42 Å². The first kappa shape index (κ1) is 12.9. The van der Waals surface area contributed by atoms with E-state index >= 15 is 0 Å². The lowest BCUT2D eigenvalue weighted by atomic mass is 9.97. The van der Waals surface area contributed by atoms with E-state index in [4.69, 9.17) is 10.8 Å². The standard InChI is InChI=1S/C13H20N2OS/c1-15-13(11(14)8-16)10-4-5-12-9(7-10)3-2-6-17-12/h4-5,7,11,13,15-16H,2-3,6,8,14H2,1H3. The highest BCUT2D eigenvalue weighted by Gasteiger charge is 2.19. The lowest BCUT2D eigenvalue weighted by molar-refractivity contribution is 0.240. The number of benzene rings is 1. The zero-order valence-electron chi connectivity index (χ0n) is 10.1. The van der Waals surface area contributed by atoms with Crippen molar-refractivity contribution in [3.8, 4) is 0 Å². The summed E-state index contributed by atoms with van der Waals surface area (Å²) in [5.74, 6) is 1.22. The van der Waals surface area contributed by atoms with Gasteiger partial charge in [0.15, 0.2) is 0 Å². The molecule has 0 amide bonds. The van der Waals surface area contributed by atoms with Gasteiger partial charge in [-0.15, -0.1) is 11.8 Å². The molecule has 1 aromatic rings. The lowest BCUT2D eigenvalue weighted by Gasteiger charge is -2.24. The highest BCUT2D eigenvalue weighted by molar-refractivity contribution is 7.99. The predicted molar refractivity (Wildman–Crippen MR) is 72.3 cm³/mol. The molecule has 0 saturated heterocycles. The summed E-state index contributed by atoms with van der Waals surface area (Å²) in [6.45, 7) is -0.00264. The Bertz CT molecular complexity index is 384. The first-order valence-electron chi connectivity index (χ1n) is 6.05. The molecule has 1 heterocycles. The maximum absolute atomic E-state index is 9.17. The topological polar surface area (TPSA) is 58.3 Å². The maximum atomic E-state index is 9.17. The van der Waals surface area contributed by atoms with Crippen LogP contribution in [0.15, 0.2) is 23.1 Å². The number of hydrogen-bond donors (Lipinski definition) is 3. The molecule has 2 atom stereocenters. The quantitative estimate of drug-likeness (QED) is 0.756. The van der Waals surface area contributed by atoms with Gasteiger partial charge in [0.1, 0.15) is 0 Å². The third kappa shape index (κ3) is 2.83. The van der Waals surface area contributed by atoms with Crippen molar-refractivity contribution in [2.75, 3.05) is 19.4 Å². The van der Waals surface area contributed by atoms with Crippen LogP contribution in [0.1, 0.15) is 23.6 Å². The summed E-state index contributed by atoms with van der Waals surface area (Å²) in [5, 5.41) is 12.4. The third-order valence-corrected chi connectivity index (χ3v) is 4.44. The SMILES string of the molecule is CNC(c1ccc2c(c1)CCCS2)C(N)CO. The number of rotatable bonds is 4. The molecule has 3 nitrogen and oxygen atoms in total. The van der Waals surface area contributed by atoms with Crippen LogP contribution in [0.5, 0.6) is 0 Å². The van der Waals surface area contributed by atoms with E-state index in [9.17, 15) is 0 Å². The van der Waals surface area contributed by atoms with Gasteiger partial charge in [-0.2, -0.15) is 0 Å². The minimum Gasteiger partial charge on any atom is -0.395 e. The molecule has 0 saturated carbocycles. The molecule has 4 N–H and O–H groups in total. The molecule has 0 aromatic heterocycles. The van der Waals surface area contributed by atoms with Crippen LogP contribution in [-0.4, -0.2) is 30.6 Å². The summed E-state index contributed by atoms with van der Waals surface area (Å²) in [4.78, 5) is 1.40. The van der Waals surface area contributed by atoms with Crippen molar-refractivity contribution >= 4 is 11.8 Å². The predicted octanol–water partition coefficient (Wildman–Crippen LogP) is 1.30.